The van der Waals surface area contributed by atoms with Crippen molar-refractivity contribution in [3.05, 3.63) is 101 Å². The molecular formula is C28H30FN5O. The number of halogens is 1. The van der Waals surface area contributed by atoms with Crippen LogP contribution in [0.15, 0.2) is 83.9 Å². The first-order chi connectivity index (χ1) is 16.9. The Bertz CT molecular complexity index is 1310. The second kappa shape index (κ2) is 11.1. The molecule has 0 radical (unpaired) electrons. The Labute approximate surface area is 204 Å². The predicted octanol–water partition coefficient (Wildman–Crippen LogP) is 4.67. The molecule has 2 aromatic heterocycles. The SMILES string of the molecule is CC(C)NC(CNc1nc(-c2ccncc2)c(-c2ccc(F)cc2)c(=O)n1C)Cc1ccccc1. The van der Waals surface area contributed by atoms with Crippen LogP contribution in [0.4, 0.5) is 10.3 Å². The highest BCUT2D eigenvalue weighted by molar-refractivity contribution is 5.80. The second-order valence-electron chi connectivity index (χ2n) is 8.85. The third kappa shape index (κ3) is 6.00. The van der Waals surface area contributed by atoms with Crippen molar-refractivity contribution < 1.29 is 4.39 Å². The van der Waals surface area contributed by atoms with Gasteiger partial charge < -0.3 is 10.6 Å². The van der Waals surface area contributed by atoms with E-state index in [1.807, 2.05) is 30.3 Å². The molecule has 0 fully saturated rings. The third-order valence-corrected chi connectivity index (χ3v) is 5.78. The molecule has 0 bridgehead atoms. The molecule has 0 saturated carbocycles. The molecule has 2 aromatic carbocycles. The van der Waals surface area contributed by atoms with Crippen molar-refractivity contribution in [2.45, 2.75) is 32.4 Å². The summed E-state index contributed by atoms with van der Waals surface area (Å²) < 4.78 is 15.1. The molecule has 0 aliphatic heterocycles. The van der Waals surface area contributed by atoms with E-state index in [4.69, 9.17) is 4.98 Å². The summed E-state index contributed by atoms with van der Waals surface area (Å²) in [4.78, 5) is 22.5. The van der Waals surface area contributed by atoms with Crippen LogP contribution in [0.2, 0.25) is 0 Å². The normalized spacial score (nSPS) is 12.0. The monoisotopic (exact) mass is 471 g/mol. The van der Waals surface area contributed by atoms with Gasteiger partial charge in [-0.2, -0.15) is 0 Å². The molecule has 0 saturated heterocycles. The maximum atomic E-state index is 13.6. The van der Waals surface area contributed by atoms with E-state index in [2.05, 4.69) is 41.6 Å². The largest absolute Gasteiger partial charge is 0.354 e. The van der Waals surface area contributed by atoms with E-state index in [0.29, 0.717) is 35.4 Å². The minimum Gasteiger partial charge on any atom is -0.354 e. The summed E-state index contributed by atoms with van der Waals surface area (Å²) in [5.74, 6) is 0.112. The summed E-state index contributed by atoms with van der Waals surface area (Å²) in [7, 11) is 1.70. The minimum absolute atomic E-state index is 0.135. The van der Waals surface area contributed by atoms with Gasteiger partial charge in [0.2, 0.25) is 5.95 Å². The summed E-state index contributed by atoms with van der Waals surface area (Å²) in [6.07, 6.45) is 4.17. The Morgan fingerprint density at radius 1 is 0.943 bits per heavy atom. The van der Waals surface area contributed by atoms with Crippen molar-refractivity contribution in [1.29, 1.82) is 0 Å². The third-order valence-electron chi connectivity index (χ3n) is 5.78. The van der Waals surface area contributed by atoms with Crippen LogP contribution < -0.4 is 16.2 Å². The van der Waals surface area contributed by atoms with E-state index in [0.717, 1.165) is 12.0 Å². The Morgan fingerprint density at radius 3 is 2.29 bits per heavy atom. The fraction of sp³-hybridized carbons (Fsp3) is 0.250. The molecule has 4 aromatic rings. The maximum absolute atomic E-state index is 13.6. The number of rotatable bonds is 9. The van der Waals surface area contributed by atoms with Crippen LogP contribution >= 0.6 is 0 Å². The number of hydrogen-bond donors (Lipinski definition) is 2. The lowest BCUT2D eigenvalue weighted by Gasteiger charge is -2.23. The van der Waals surface area contributed by atoms with Crippen LogP contribution in [0.5, 0.6) is 0 Å². The van der Waals surface area contributed by atoms with Gasteiger partial charge in [-0.25, -0.2) is 9.37 Å². The summed E-state index contributed by atoms with van der Waals surface area (Å²) in [5.41, 5.74) is 3.35. The molecule has 35 heavy (non-hydrogen) atoms. The number of nitrogens with one attached hydrogen (secondary N) is 2. The van der Waals surface area contributed by atoms with Crippen LogP contribution in [0, 0.1) is 5.82 Å². The van der Waals surface area contributed by atoms with Gasteiger partial charge >= 0.3 is 0 Å². The fourth-order valence-corrected chi connectivity index (χ4v) is 4.13. The Hall–Kier alpha value is -3.84. The van der Waals surface area contributed by atoms with E-state index in [1.54, 1.807) is 31.6 Å². The molecule has 7 heteroatoms. The highest BCUT2D eigenvalue weighted by Crippen LogP contribution is 2.28. The molecule has 180 valence electrons. The van der Waals surface area contributed by atoms with Crippen LogP contribution in [-0.4, -0.2) is 33.2 Å². The van der Waals surface area contributed by atoms with E-state index < -0.39 is 0 Å². The maximum Gasteiger partial charge on any atom is 0.263 e. The summed E-state index contributed by atoms with van der Waals surface area (Å²) in [6.45, 7) is 4.81. The van der Waals surface area contributed by atoms with Crippen molar-refractivity contribution in [1.82, 2.24) is 19.9 Å². The summed E-state index contributed by atoms with van der Waals surface area (Å²) >= 11 is 0. The van der Waals surface area contributed by atoms with Crippen molar-refractivity contribution >= 4 is 5.95 Å². The number of aromatic nitrogens is 3. The van der Waals surface area contributed by atoms with Gasteiger partial charge in [-0.05, 0) is 41.8 Å². The van der Waals surface area contributed by atoms with Crippen LogP contribution in [0.25, 0.3) is 22.4 Å². The van der Waals surface area contributed by atoms with Crippen molar-refractivity contribution in [3.8, 4) is 22.4 Å². The molecule has 0 amide bonds. The Kier molecular flexibility index (Phi) is 7.67. The quantitative estimate of drug-likeness (QED) is 0.371. The zero-order chi connectivity index (χ0) is 24.8. The molecule has 2 N–H and O–H groups in total. The van der Waals surface area contributed by atoms with Crippen molar-refractivity contribution in [2.75, 3.05) is 11.9 Å². The first kappa shape index (κ1) is 24.3. The first-order valence-electron chi connectivity index (χ1n) is 11.7. The molecule has 6 nitrogen and oxygen atoms in total. The first-order valence-corrected chi connectivity index (χ1v) is 11.7. The van der Waals surface area contributed by atoms with Gasteiger partial charge in [0.1, 0.15) is 5.82 Å². The topological polar surface area (TPSA) is 71.8 Å². The predicted molar refractivity (Wildman–Crippen MR) is 139 cm³/mol. The number of hydrogen-bond acceptors (Lipinski definition) is 5. The fourth-order valence-electron chi connectivity index (χ4n) is 4.13. The lowest BCUT2D eigenvalue weighted by Crippen LogP contribution is -2.42. The zero-order valence-corrected chi connectivity index (χ0v) is 20.2. The van der Waals surface area contributed by atoms with Gasteiger partial charge in [0.15, 0.2) is 0 Å². The average molecular weight is 472 g/mol. The highest BCUT2D eigenvalue weighted by atomic mass is 19.1. The average Bonchev–Trinajstić information content (AvgIpc) is 2.86. The van der Waals surface area contributed by atoms with Crippen molar-refractivity contribution in [3.63, 3.8) is 0 Å². The zero-order valence-electron chi connectivity index (χ0n) is 20.2. The van der Waals surface area contributed by atoms with Crippen LogP contribution in [0.3, 0.4) is 0 Å². The molecule has 2 heterocycles. The van der Waals surface area contributed by atoms with Gasteiger partial charge in [-0.15, -0.1) is 0 Å². The van der Waals surface area contributed by atoms with E-state index in [-0.39, 0.29) is 17.4 Å². The van der Waals surface area contributed by atoms with E-state index in [1.165, 1.54) is 22.3 Å². The van der Waals surface area contributed by atoms with Gasteiger partial charge in [-0.1, -0.05) is 56.3 Å². The van der Waals surface area contributed by atoms with E-state index >= 15 is 0 Å². The molecule has 0 aliphatic carbocycles. The van der Waals surface area contributed by atoms with Gasteiger partial charge in [0.05, 0.1) is 11.3 Å². The van der Waals surface area contributed by atoms with Crippen LogP contribution in [-0.2, 0) is 13.5 Å². The lowest BCUT2D eigenvalue weighted by molar-refractivity contribution is 0.473. The summed E-state index contributed by atoms with van der Waals surface area (Å²) in [5, 5.41) is 6.99. The van der Waals surface area contributed by atoms with Crippen LogP contribution in [0.1, 0.15) is 19.4 Å². The van der Waals surface area contributed by atoms with Gasteiger partial charge in [0, 0.05) is 43.6 Å². The number of pyridine rings is 1. The molecular weight excluding hydrogens is 441 g/mol. The Balaban J connectivity index is 1.70. The smallest absolute Gasteiger partial charge is 0.263 e. The molecule has 1 atom stereocenters. The molecule has 0 aliphatic rings. The lowest BCUT2D eigenvalue weighted by atomic mass is 10.0. The van der Waals surface area contributed by atoms with Gasteiger partial charge in [0.25, 0.3) is 5.56 Å². The molecule has 4 rings (SSSR count). The number of anilines is 1. The highest BCUT2D eigenvalue weighted by Gasteiger charge is 2.19. The molecule has 1 unspecified atom stereocenters. The van der Waals surface area contributed by atoms with Gasteiger partial charge in [-0.3, -0.25) is 14.3 Å². The molecule has 0 spiro atoms. The second-order valence-corrected chi connectivity index (χ2v) is 8.85. The summed E-state index contributed by atoms with van der Waals surface area (Å²) in [6, 6.07) is 20.3. The number of benzene rings is 2. The minimum atomic E-state index is -0.357. The number of nitrogens with zero attached hydrogens (tertiary/aromatic N) is 3. The van der Waals surface area contributed by atoms with Crippen molar-refractivity contribution in [2.24, 2.45) is 7.05 Å². The standard InChI is InChI=1S/C28H30FN5O/c1-19(2)32-24(17-20-7-5-4-6-8-20)18-31-28-33-26(22-13-15-30-16-14-22)25(27(35)34(28)3)21-9-11-23(29)12-10-21/h4-16,19,24,32H,17-18H2,1-3H3,(H,31,33). The van der Waals surface area contributed by atoms with E-state index in [9.17, 15) is 9.18 Å². The Morgan fingerprint density at radius 2 is 1.63 bits per heavy atom.